The van der Waals surface area contributed by atoms with Crippen molar-refractivity contribution in [1.82, 2.24) is 4.90 Å². The average Bonchev–Trinajstić information content (AvgIpc) is 3.86. The molecular formula is C57H69N5O9. The van der Waals surface area contributed by atoms with Gasteiger partial charge in [0, 0.05) is 68.6 Å². The molecule has 4 aliphatic rings. The van der Waals surface area contributed by atoms with Crippen LogP contribution in [0.15, 0.2) is 108 Å². The third kappa shape index (κ3) is 11.8. The van der Waals surface area contributed by atoms with Crippen LogP contribution in [0, 0.1) is 5.92 Å². The highest BCUT2D eigenvalue weighted by atomic mass is 16.5. The van der Waals surface area contributed by atoms with Gasteiger partial charge in [-0.3, -0.25) is 19.5 Å². The van der Waals surface area contributed by atoms with Crippen molar-refractivity contribution in [2.75, 3.05) is 89.1 Å². The van der Waals surface area contributed by atoms with Gasteiger partial charge in [0.2, 0.25) is 0 Å². The van der Waals surface area contributed by atoms with Crippen molar-refractivity contribution in [3.8, 4) is 23.0 Å². The van der Waals surface area contributed by atoms with E-state index in [0.29, 0.717) is 104 Å². The second-order valence-corrected chi connectivity index (χ2v) is 18.6. The molecule has 8 rings (SSSR count). The van der Waals surface area contributed by atoms with Crippen LogP contribution in [0.2, 0.25) is 0 Å². The molecule has 0 saturated carbocycles. The number of fused-ring (bicyclic) bond motifs is 6. The zero-order valence-corrected chi connectivity index (χ0v) is 42.2. The van der Waals surface area contributed by atoms with Gasteiger partial charge in [-0.2, -0.15) is 0 Å². The molecule has 4 aliphatic heterocycles. The monoisotopic (exact) mass is 968 g/mol. The zero-order valence-electron chi connectivity index (χ0n) is 42.2. The summed E-state index contributed by atoms with van der Waals surface area (Å²) in [6, 6.07) is 21.4. The molecule has 4 aromatic rings. The molecule has 14 heteroatoms. The number of rotatable bonds is 25. The number of carbonyl (C=O) groups excluding carboxylic acids is 2. The largest absolute Gasteiger partial charge is 0.493 e. The standard InChI is InChI=1S/C57H69N5O9/c1-8-14-41-28-44-34-58-48-32-54(52(66-6)30-46(48)56(63)61(44)50(41)9-2)70-36-39-25-40(27-43(26-39)60(18-13-12-15-38(3)4)19-20-68-23-24-69-22-21-65-5)37-71-55-33-49-47(31-53(55)67-7)57(64)62-45(35-59-49)29-42-16-10-11-17-51(42)62/h8-11,14,16-17,25-27,30-34,38,44-45,59H,2,12-13,15,18-24,28-29,35-37H2,1,3-7H3/b14-8-/t44-,45-/m0/s1. The molecule has 0 saturated heterocycles. The van der Waals surface area contributed by atoms with Gasteiger partial charge >= 0.3 is 0 Å². The lowest BCUT2D eigenvalue weighted by Gasteiger charge is -2.27. The van der Waals surface area contributed by atoms with E-state index >= 15 is 0 Å². The molecule has 2 amide bonds. The number of methoxy groups -OCH3 is 3. The Labute approximate surface area is 418 Å². The summed E-state index contributed by atoms with van der Waals surface area (Å²) in [5.74, 6) is 2.24. The maximum absolute atomic E-state index is 14.2. The van der Waals surface area contributed by atoms with Gasteiger partial charge < -0.3 is 48.3 Å². The molecule has 14 nitrogen and oxygen atoms in total. The summed E-state index contributed by atoms with van der Waals surface area (Å²) in [5, 5.41) is 3.55. The van der Waals surface area contributed by atoms with Gasteiger partial charge in [0.1, 0.15) is 13.2 Å². The van der Waals surface area contributed by atoms with E-state index in [1.54, 1.807) is 50.5 Å². The highest BCUT2D eigenvalue weighted by Gasteiger charge is 2.39. The van der Waals surface area contributed by atoms with E-state index in [1.807, 2.05) is 54.5 Å². The van der Waals surface area contributed by atoms with E-state index in [0.717, 1.165) is 66.0 Å². The molecule has 0 unspecified atom stereocenters. The molecular weight excluding hydrogens is 899 g/mol. The van der Waals surface area contributed by atoms with Crippen LogP contribution in [0.3, 0.4) is 0 Å². The summed E-state index contributed by atoms with van der Waals surface area (Å²) in [4.78, 5) is 39.2. The second-order valence-electron chi connectivity index (χ2n) is 18.6. The van der Waals surface area contributed by atoms with Crippen molar-refractivity contribution < 1.29 is 42.7 Å². The number of hydrogen-bond acceptors (Lipinski definition) is 12. The zero-order chi connectivity index (χ0) is 49.9. The fourth-order valence-corrected chi connectivity index (χ4v) is 9.80. The number of nitrogens with one attached hydrogen (secondary N) is 1. The van der Waals surface area contributed by atoms with Crippen molar-refractivity contribution in [3.05, 3.63) is 131 Å². The average molecular weight is 968 g/mol. The first kappa shape index (κ1) is 50.8. The molecule has 0 aromatic heterocycles. The van der Waals surface area contributed by atoms with Crippen LogP contribution in [0.25, 0.3) is 0 Å². The summed E-state index contributed by atoms with van der Waals surface area (Å²) in [5.41, 5.74) is 8.92. The van der Waals surface area contributed by atoms with Crippen molar-refractivity contribution in [1.29, 1.82) is 0 Å². The SMILES string of the molecule is C=CC1=C(/C=C\C)C[C@H]2C=Nc3cc(OCc4cc(COc5cc6c(cc5OC)C(=O)N5c7ccccc7C[C@H]5CN6)cc(N(CCCCC(C)C)CCOCCOCCOC)c4)c(OC)cc3C(=O)N12. The van der Waals surface area contributed by atoms with E-state index in [-0.39, 0.29) is 37.1 Å². The Morgan fingerprint density at radius 2 is 1.48 bits per heavy atom. The number of amides is 2. The second kappa shape index (κ2) is 24.0. The third-order valence-corrected chi connectivity index (χ3v) is 13.3. The van der Waals surface area contributed by atoms with Gasteiger partial charge in [0.25, 0.3) is 11.8 Å². The lowest BCUT2D eigenvalue weighted by atomic mass is 10.1. The number of para-hydroxylation sites is 1. The lowest BCUT2D eigenvalue weighted by Crippen LogP contribution is -2.39. The minimum Gasteiger partial charge on any atom is -0.493 e. The van der Waals surface area contributed by atoms with Gasteiger partial charge in [-0.1, -0.05) is 63.6 Å². The van der Waals surface area contributed by atoms with E-state index in [9.17, 15) is 9.59 Å². The Kier molecular flexibility index (Phi) is 17.2. The van der Waals surface area contributed by atoms with Crippen LogP contribution in [0.1, 0.15) is 83.9 Å². The lowest BCUT2D eigenvalue weighted by molar-refractivity contribution is 0.0264. The number of nitrogens with zero attached hydrogens (tertiary/aromatic N) is 4. The van der Waals surface area contributed by atoms with Crippen LogP contribution < -0.4 is 34.1 Å². The van der Waals surface area contributed by atoms with Crippen molar-refractivity contribution >= 4 is 40.8 Å². The normalized spacial score (nSPS) is 16.8. The molecule has 71 heavy (non-hydrogen) atoms. The van der Waals surface area contributed by atoms with E-state index in [2.05, 4.69) is 54.9 Å². The topological polar surface area (TPSA) is 133 Å². The molecule has 0 fully saturated rings. The van der Waals surface area contributed by atoms with Crippen LogP contribution in [0.5, 0.6) is 23.0 Å². The summed E-state index contributed by atoms with van der Waals surface area (Å²) in [6.07, 6.45) is 12.3. The van der Waals surface area contributed by atoms with Crippen molar-refractivity contribution in [2.45, 2.75) is 78.2 Å². The molecule has 2 atom stereocenters. The van der Waals surface area contributed by atoms with Crippen LogP contribution >= 0.6 is 0 Å². The Bertz CT molecular complexity index is 2640. The van der Waals surface area contributed by atoms with Crippen LogP contribution in [-0.2, 0) is 33.8 Å². The number of unbranched alkanes of at least 4 members (excludes halogenated alkanes) is 1. The Hall–Kier alpha value is -6.61. The number of ether oxygens (including phenoxy) is 7. The summed E-state index contributed by atoms with van der Waals surface area (Å²) in [7, 11) is 4.82. The third-order valence-electron chi connectivity index (χ3n) is 13.3. The molecule has 0 bridgehead atoms. The maximum atomic E-state index is 14.2. The predicted molar refractivity (Wildman–Crippen MR) is 280 cm³/mol. The Morgan fingerprint density at radius 1 is 0.789 bits per heavy atom. The minimum atomic E-state index is -0.235. The fourth-order valence-electron chi connectivity index (χ4n) is 9.80. The first-order valence-electron chi connectivity index (χ1n) is 24.9. The number of benzene rings is 4. The Balaban J connectivity index is 1.07. The predicted octanol–water partition coefficient (Wildman–Crippen LogP) is 10.1. The minimum absolute atomic E-state index is 0.00243. The number of carbonyl (C=O) groups is 2. The van der Waals surface area contributed by atoms with Crippen LogP contribution in [-0.4, -0.2) is 109 Å². The summed E-state index contributed by atoms with van der Waals surface area (Å²) in [6.45, 7) is 15.5. The number of aliphatic imine (C=N–C) groups is 1. The molecule has 0 radical (unpaired) electrons. The van der Waals surface area contributed by atoms with E-state index in [4.69, 9.17) is 38.2 Å². The number of hydrogen-bond donors (Lipinski definition) is 1. The van der Waals surface area contributed by atoms with Gasteiger partial charge in [-0.15, -0.1) is 0 Å². The quantitative estimate of drug-likeness (QED) is 0.0637. The molecule has 1 N–H and O–H groups in total. The van der Waals surface area contributed by atoms with Gasteiger partial charge in [0.15, 0.2) is 23.0 Å². The molecule has 4 aromatic carbocycles. The number of anilines is 3. The fraction of sp³-hybridized carbons (Fsp3) is 0.421. The molecule has 0 aliphatic carbocycles. The smallest absolute Gasteiger partial charge is 0.261 e. The molecule has 0 spiro atoms. The van der Waals surface area contributed by atoms with Gasteiger partial charge in [0.05, 0.1) is 81.8 Å². The molecule has 376 valence electrons. The van der Waals surface area contributed by atoms with Gasteiger partial charge in [-0.25, -0.2) is 0 Å². The summed E-state index contributed by atoms with van der Waals surface area (Å²) < 4.78 is 41.9. The highest BCUT2D eigenvalue weighted by molar-refractivity contribution is 6.12. The first-order valence-corrected chi connectivity index (χ1v) is 24.9. The van der Waals surface area contributed by atoms with Crippen LogP contribution in [0.4, 0.5) is 22.7 Å². The van der Waals surface area contributed by atoms with Gasteiger partial charge in [-0.05, 0) is 90.4 Å². The van der Waals surface area contributed by atoms with Crippen molar-refractivity contribution in [3.63, 3.8) is 0 Å². The summed E-state index contributed by atoms with van der Waals surface area (Å²) >= 11 is 0. The van der Waals surface area contributed by atoms with E-state index in [1.165, 1.54) is 5.56 Å². The van der Waals surface area contributed by atoms with E-state index < -0.39 is 0 Å². The Morgan fingerprint density at radius 3 is 2.18 bits per heavy atom. The maximum Gasteiger partial charge on any atom is 0.261 e. The first-order chi connectivity index (χ1) is 34.6. The van der Waals surface area contributed by atoms with Crippen molar-refractivity contribution in [2.24, 2.45) is 10.9 Å². The molecule has 4 heterocycles. The highest BCUT2D eigenvalue weighted by Crippen LogP contribution is 2.43. The number of allylic oxidation sites excluding steroid dienone is 3.